The van der Waals surface area contributed by atoms with E-state index >= 15 is 0 Å². The highest BCUT2D eigenvalue weighted by Crippen LogP contribution is 1.98. The van der Waals surface area contributed by atoms with Crippen LogP contribution in [0.15, 0.2) is 0 Å². The molecule has 0 aromatic carbocycles. The van der Waals surface area contributed by atoms with Crippen molar-refractivity contribution in [2.45, 2.75) is 0 Å². The maximum absolute atomic E-state index is 9.09. The summed E-state index contributed by atoms with van der Waals surface area (Å²) < 4.78 is 9.09. The van der Waals surface area contributed by atoms with Crippen molar-refractivity contribution in [3.05, 3.63) is 0 Å². The van der Waals surface area contributed by atoms with Gasteiger partial charge in [-0.2, -0.15) is 0 Å². The highest BCUT2D eigenvalue weighted by molar-refractivity contribution is 8.31. The van der Waals surface area contributed by atoms with Gasteiger partial charge in [0, 0.05) is 0 Å². The van der Waals surface area contributed by atoms with Crippen LogP contribution in [-0.2, 0) is 9.60 Å². The molecule has 0 atom stereocenters. The predicted molar refractivity (Wildman–Crippen MR) is 23.5 cm³/mol. The van der Waals surface area contributed by atoms with E-state index in [2.05, 4.69) is 21.4 Å². The minimum atomic E-state index is -1.67. The van der Waals surface area contributed by atoms with Crippen molar-refractivity contribution in [1.29, 1.82) is 0 Å². The Morgan fingerprint density at radius 1 is 1.40 bits per heavy atom. The van der Waals surface area contributed by atoms with Gasteiger partial charge in [0.2, 0.25) is 0 Å². The van der Waals surface area contributed by atoms with Crippen molar-refractivity contribution in [2.24, 2.45) is 0 Å². The lowest BCUT2D eigenvalue weighted by Crippen LogP contribution is -1.63. The summed E-state index contributed by atoms with van der Waals surface area (Å²) in [6.07, 6.45) is 0. The molecule has 2 N–H and O–H groups in total. The van der Waals surface area contributed by atoms with Gasteiger partial charge in [0.05, 0.1) is 0 Å². The molecule has 0 aromatic rings. The summed E-state index contributed by atoms with van der Waals surface area (Å²) in [4.78, 5) is 0. The Morgan fingerprint density at radius 3 is 1.40 bits per heavy atom. The van der Waals surface area contributed by atoms with Crippen LogP contribution in [-0.4, -0.2) is 10.0 Å². The maximum atomic E-state index is 9.09. The van der Waals surface area contributed by atoms with Crippen molar-refractivity contribution >= 4 is 31.0 Å². The second-order valence-electron chi connectivity index (χ2n) is 0.184. The van der Waals surface area contributed by atoms with Crippen LogP contribution in [0.4, 0.5) is 0 Å². The molecule has 0 spiro atoms. The van der Waals surface area contributed by atoms with Crippen molar-refractivity contribution < 1.29 is 10.0 Å². The summed E-state index contributed by atoms with van der Waals surface area (Å²) in [6.45, 7) is 0. The SMILES string of the molecule is O.[O-][S+](Cl)Cl. The minimum Gasteiger partial charge on any atom is -0.582 e. The molecule has 0 aromatic heterocycles. The first-order chi connectivity index (χ1) is 1.73. The number of halogens is 2. The zero-order valence-corrected chi connectivity index (χ0v) is 4.40. The number of rotatable bonds is 0. The average molecular weight is 137 g/mol. The first-order valence-corrected chi connectivity index (χ1v) is 3.28. The maximum Gasteiger partial charge on any atom is 0.198 e. The molecule has 0 aliphatic rings. The van der Waals surface area contributed by atoms with Gasteiger partial charge < -0.3 is 10.0 Å². The number of hydrogen-bond acceptors (Lipinski definition) is 1. The molecule has 0 heterocycles. The van der Waals surface area contributed by atoms with Crippen molar-refractivity contribution in [3.63, 3.8) is 0 Å². The second-order valence-corrected chi connectivity index (χ2v) is 2.71. The smallest absolute Gasteiger partial charge is 0.198 e. The molecule has 0 rings (SSSR count). The van der Waals surface area contributed by atoms with Crippen LogP contribution in [0.1, 0.15) is 0 Å². The van der Waals surface area contributed by atoms with E-state index in [0.717, 1.165) is 0 Å². The summed E-state index contributed by atoms with van der Waals surface area (Å²) in [5, 5.41) is 0. The Hall–Kier alpha value is 0.850. The summed E-state index contributed by atoms with van der Waals surface area (Å²) in [5.74, 6) is 0. The zero-order valence-electron chi connectivity index (χ0n) is 2.07. The van der Waals surface area contributed by atoms with Crippen LogP contribution in [0.25, 0.3) is 0 Å². The average Bonchev–Trinajstić information content (AvgIpc) is 0.811. The third-order valence-electron chi connectivity index (χ3n) is 0. The van der Waals surface area contributed by atoms with Gasteiger partial charge in [0.25, 0.3) is 0 Å². The summed E-state index contributed by atoms with van der Waals surface area (Å²) in [6, 6.07) is 0. The van der Waals surface area contributed by atoms with Gasteiger partial charge in [0.15, 0.2) is 31.0 Å². The fraction of sp³-hybridized carbons (Fsp3) is 0. The van der Waals surface area contributed by atoms with E-state index < -0.39 is 9.60 Å². The monoisotopic (exact) mass is 136 g/mol. The van der Waals surface area contributed by atoms with Crippen LogP contribution >= 0.6 is 21.4 Å². The normalized spacial score (nSPS) is 7.20. The molecule has 34 valence electrons. The summed E-state index contributed by atoms with van der Waals surface area (Å²) in [5.41, 5.74) is 0. The first-order valence-electron chi connectivity index (χ1n) is 0.475. The van der Waals surface area contributed by atoms with Gasteiger partial charge in [-0.25, -0.2) is 0 Å². The molecule has 0 bridgehead atoms. The molecule has 0 unspecified atom stereocenters. The predicted octanol–water partition coefficient (Wildman–Crippen LogP) is 0.218. The van der Waals surface area contributed by atoms with Gasteiger partial charge in [-0.05, 0) is 0 Å². The zero-order chi connectivity index (χ0) is 3.58. The Kier molecular flexibility index (Phi) is 9.01. The molecule has 5 heavy (non-hydrogen) atoms. The second kappa shape index (κ2) is 4.85. The van der Waals surface area contributed by atoms with E-state index in [-0.39, 0.29) is 5.48 Å². The van der Waals surface area contributed by atoms with E-state index in [1.54, 1.807) is 0 Å². The van der Waals surface area contributed by atoms with Crippen LogP contribution < -0.4 is 0 Å². The lowest BCUT2D eigenvalue weighted by molar-refractivity contribution is 0.620. The molecule has 2 nitrogen and oxygen atoms in total. The molecule has 0 fully saturated rings. The molecule has 0 amide bonds. The lowest BCUT2D eigenvalue weighted by atomic mass is 15.9. The molecule has 0 aliphatic heterocycles. The Balaban J connectivity index is 0. The topological polar surface area (TPSA) is 54.6 Å². The molecule has 5 heteroatoms. The molecular formula is H2Cl2O2S. The molecule has 0 radical (unpaired) electrons. The highest BCUT2D eigenvalue weighted by atomic mass is 36.0. The highest BCUT2D eigenvalue weighted by Gasteiger charge is 1.83. The molecule has 0 aliphatic carbocycles. The van der Waals surface area contributed by atoms with Crippen molar-refractivity contribution in [2.75, 3.05) is 0 Å². The fourth-order valence-corrected chi connectivity index (χ4v) is 0. The van der Waals surface area contributed by atoms with Crippen LogP contribution in [0.3, 0.4) is 0 Å². The van der Waals surface area contributed by atoms with E-state index in [1.165, 1.54) is 0 Å². The summed E-state index contributed by atoms with van der Waals surface area (Å²) >= 11 is 0. The third kappa shape index (κ3) is 54.5. The first kappa shape index (κ1) is 9.28. The fourth-order valence-electron chi connectivity index (χ4n) is 0. The lowest BCUT2D eigenvalue weighted by Gasteiger charge is -1.73. The van der Waals surface area contributed by atoms with Gasteiger partial charge in [0.1, 0.15) is 0 Å². The van der Waals surface area contributed by atoms with E-state index in [0.29, 0.717) is 0 Å². The van der Waals surface area contributed by atoms with Crippen LogP contribution in [0, 0.1) is 0 Å². The van der Waals surface area contributed by atoms with E-state index in [1.807, 2.05) is 0 Å². The quantitative estimate of drug-likeness (QED) is 0.440. The van der Waals surface area contributed by atoms with Crippen LogP contribution in [0.5, 0.6) is 0 Å². The molecule has 0 saturated heterocycles. The van der Waals surface area contributed by atoms with E-state index in [9.17, 15) is 0 Å². The minimum absolute atomic E-state index is 0. The van der Waals surface area contributed by atoms with Crippen molar-refractivity contribution in [1.82, 2.24) is 0 Å². The van der Waals surface area contributed by atoms with Crippen molar-refractivity contribution in [3.8, 4) is 0 Å². The third-order valence-corrected chi connectivity index (χ3v) is 0. The standard InChI is InChI=1S/Cl2OS.H2O/c1-4(2)3;/h;1H2. The number of hydrogen-bond donors (Lipinski definition) is 0. The molecular weight excluding hydrogens is 135 g/mol. The van der Waals surface area contributed by atoms with Gasteiger partial charge >= 0.3 is 0 Å². The Labute approximate surface area is 41.6 Å². The van der Waals surface area contributed by atoms with Gasteiger partial charge in [-0.3, -0.25) is 0 Å². The van der Waals surface area contributed by atoms with Gasteiger partial charge in [-0.15, -0.1) is 0 Å². The Morgan fingerprint density at radius 2 is 1.40 bits per heavy atom. The molecule has 0 saturated carbocycles. The van der Waals surface area contributed by atoms with Crippen LogP contribution in [0.2, 0.25) is 0 Å². The largest absolute Gasteiger partial charge is 0.582 e. The Bertz CT molecular complexity index is 12.4. The van der Waals surface area contributed by atoms with Gasteiger partial charge in [-0.1, -0.05) is 0 Å². The van der Waals surface area contributed by atoms with E-state index in [4.69, 9.17) is 4.55 Å². The summed E-state index contributed by atoms with van der Waals surface area (Å²) in [7, 11) is 7.36.